The summed E-state index contributed by atoms with van der Waals surface area (Å²) in [5.74, 6) is 0.803. The van der Waals surface area contributed by atoms with Gasteiger partial charge in [-0.25, -0.2) is 0 Å². The molecule has 0 fully saturated rings. The average Bonchev–Trinajstić information content (AvgIpc) is 2.94. The monoisotopic (exact) mass is 408 g/mol. The molecule has 0 amide bonds. The minimum absolute atomic E-state index is 0.0987. The van der Waals surface area contributed by atoms with E-state index in [-0.39, 0.29) is 4.90 Å². The molecule has 0 saturated carbocycles. The molecule has 1 aromatic carbocycles. The molecule has 6 nitrogen and oxygen atoms in total. The van der Waals surface area contributed by atoms with Crippen molar-refractivity contribution in [2.24, 2.45) is 5.14 Å². The number of nitrogens with one attached hydrogen (secondary N) is 1. The van der Waals surface area contributed by atoms with Crippen LogP contribution in [0.25, 0.3) is 9.78 Å². The molecule has 0 radical (unpaired) electrons. The van der Waals surface area contributed by atoms with Crippen molar-refractivity contribution in [3.8, 4) is 0 Å². The number of rotatable bonds is 3. The van der Waals surface area contributed by atoms with Crippen LogP contribution >= 0.6 is 0 Å². The molecule has 1 aliphatic carbocycles. The first-order valence-electron chi connectivity index (χ1n) is 7.67. The van der Waals surface area contributed by atoms with Gasteiger partial charge in [-0.15, -0.1) is 0 Å². The Balaban J connectivity index is 1.73. The second kappa shape index (κ2) is 5.97. The topological polar surface area (TPSA) is 98.0 Å². The van der Waals surface area contributed by atoms with Gasteiger partial charge in [0.1, 0.15) is 0 Å². The molecule has 0 atom stereocenters. The van der Waals surface area contributed by atoms with Gasteiger partial charge in [-0.3, -0.25) is 0 Å². The first-order valence-corrected chi connectivity index (χ1v) is 10.9. The summed E-state index contributed by atoms with van der Waals surface area (Å²) in [4.78, 5) is 8.99. The number of sulfonamides is 1. The van der Waals surface area contributed by atoms with E-state index in [1.807, 2.05) is 0 Å². The number of nitrogens with two attached hydrogens (primary N) is 1. The van der Waals surface area contributed by atoms with E-state index in [4.69, 9.17) is 5.14 Å². The summed E-state index contributed by atoms with van der Waals surface area (Å²) >= 11 is 0.307. The van der Waals surface area contributed by atoms with E-state index in [1.54, 1.807) is 22.9 Å². The summed E-state index contributed by atoms with van der Waals surface area (Å²) in [6, 6.07) is 6.39. The number of aromatic nitrogens is 2. The second-order valence-electron chi connectivity index (χ2n) is 5.81. The zero-order valence-corrected chi connectivity index (χ0v) is 15.3. The van der Waals surface area contributed by atoms with E-state index >= 15 is 0 Å². The molecule has 3 N–H and O–H groups in total. The van der Waals surface area contributed by atoms with Gasteiger partial charge in [0, 0.05) is 0 Å². The third-order valence-electron chi connectivity index (χ3n) is 4.20. The Morgan fingerprint density at radius 1 is 1.08 bits per heavy atom. The number of anilines is 2. The number of fused-ring (bicyclic) bond motifs is 3. The zero-order chi connectivity index (χ0) is 16.7. The molecule has 4 rings (SSSR count). The summed E-state index contributed by atoms with van der Waals surface area (Å²) in [6.45, 7) is 0. The molecule has 0 spiro atoms. The van der Waals surface area contributed by atoms with Gasteiger partial charge in [-0.05, 0) is 0 Å². The van der Waals surface area contributed by atoms with Crippen molar-refractivity contribution in [1.29, 1.82) is 0 Å². The normalized spacial score (nSPS) is 14.5. The van der Waals surface area contributed by atoms with Crippen molar-refractivity contribution in [2.75, 3.05) is 5.32 Å². The molecule has 8 heteroatoms. The number of benzene rings is 1. The molecule has 2 aromatic heterocycles. The van der Waals surface area contributed by atoms with Crippen LogP contribution in [0, 0.1) is 0 Å². The van der Waals surface area contributed by atoms with Crippen molar-refractivity contribution in [2.45, 2.75) is 30.6 Å². The van der Waals surface area contributed by atoms with Crippen LogP contribution in [0.4, 0.5) is 11.5 Å². The first-order chi connectivity index (χ1) is 11.5. The average molecular weight is 407 g/mol. The van der Waals surface area contributed by atoms with Crippen molar-refractivity contribution < 1.29 is 8.42 Å². The molecule has 1 aliphatic rings. The molecular formula is C16H16N4O2SSe. The van der Waals surface area contributed by atoms with Crippen LogP contribution in [0.5, 0.6) is 0 Å². The molecule has 0 saturated heterocycles. The van der Waals surface area contributed by atoms with Crippen molar-refractivity contribution in [1.82, 2.24) is 9.97 Å². The van der Waals surface area contributed by atoms with Crippen molar-refractivity contribution >= 4 is 45.8 Å². The standard InChI is InChI=1S/C16H16N4O2SSe/c17-23(21,22)11-7-5-10(6-8-11)20-15-14-12-3-1-2-4-13(12)24-16(14)19-9-18-15/h5-9H,1-4H2,(H2,17,21,22)(H,18,19,20). The fraction of sp³-hybridized carbons (Fsp3) is 0.250. The Hall–Kier alpha value is -1.73. The van der Waals surface area contributed by atoms with Crippen LogP contribution in [0.3, 0.4) is 0 Å². The van der Waals surface area contributed by atoms with Crippen LogP contribution in [0.15, 0.2) is 35.5 Å². The summed E-state index contributed by atoms with van der Waals surface area (Å²) in [5, 5.41) is 9.59. The fourth-order valence-corrected chi connectivity index (χ4v) is 6.14. The first kappa shape index (κ1) is 15.8. The summed E-state index contributed by atoms with van der Waals surface area (Å²) in [7, 11) is -3.68. The van der Waals surface area contributed by atoms with Gasteiger partial charge in [-0.1, -0.05) is 0 Å². The molecule has 0 bridgehead atoms. The van der Waals surface area contributed by atoms with Gasteiger partial charge in [0.15, 0.2) is 0 Å². The van der Waals surface area contributed by atoms with Gasteiger partial charge < -0.3 is 0 Å². The third kappa shape index (κ3) is 2.86. The van der Waals surface area contributed by atoms with Gasteiger partial charge in [-0.2, -0.15) is 0 Å². The molecule has 0 unspecified atom stereocenters. The van der Waals surface area contributed by atoms with Gasteiger partial charge in [0.05, 0.1) is 0 Å². The molecule has 24 heavy (non-hydrogen) atoms. The Bertz CT molecular complexity index is 1010. The Morgan fingerprint density at radius 2 is 1.83 bits per heavy atom. The quantitative estimate of drug-likeness (QED) is 0.647. The van der Waals surface area contributed by atoms with Crippen LogP contribution in [0.1, 0.15) is 22.8 Å². The maximum atomic E-state index is 11.3. The van der Waals surface area contributed by atoms with Crippen LogP contribution in [-0.2, 0) is 22.9 Å². The molecular weight excluding hydrogens is 391 g/mol. The second-order valence-corrected chi connectivity index (χ2v) is 9.64. The SMILES string of the molecule is NS(=O)(=O)c1ccc(Nc2ncnc3[se]c4c(c23)CCCC4)cc1. The van der Waals surface area contributed by atoms with Crippen LogP contribution in [0.2, 0.25) is 0 Å². The number of primary sulfonamides is 1. The number of aryl methyl sites for hydroxylation is 2. The van der Waals surface area contributed by atoms with Crippen LogP contribution < -0.4 is 10.5 Å². The Morgan fingerprint density at radius 3 is 2.58 bits per heavy atom. The number of nitrogens with zero attached hydrogens (tertiary/aromatic N) is 2. The van der Waals surface area contributed by atoms with Crippen molar-refractivity contribution in [3.63, 3.8) is 0 Å². The number of hydrogen-bond acceptors (Lipinski definition) is 5. The van der Waals surface area contributed by atoms with E-state index in [2.05, 4.69) is 15.3 Å². The minimum atomic E-state index is -3.68. The summed E-state index contributed by atoms with van der Waals surface area (Å²) in [6.07, 6.45) is 6.34. The zero-order valence-electron chi connectivity index (χ0n) is 12.8. The fourth-order valence-electron chi connectivity index (χ4n) is 3.05. The molecule has 3 aromatic rings. The maximum absolute atomic E-state index is 11.3. The molecule has 0 aliphatic heterocycles. The van der Waals surface area contributed by atoms with Crippen molar-refractivity contribution in [3.05, 3.63) is 40.6 Å². The molecule has 124 valence electrons. The van der Waals surface area contributed by atoms with E-state index in [1.165, 1.54) is 37.0 Å². The van der Waals surface area contributed by atoms with E-state index in [9.17, 15) is 8.42 Å². The van der Waals surface area contributed by atoms with Gasteiger partial charge >= 0.3 is 146 Å². The predicted molar refractivity (Wildman–Crippen MR) is 94.2 cm³/mol. The van der Waals surface area contributed by atoms with Gasteiger partial charge in [0.2, 0.25) is 0 Å². The number of hydrogen-bond donors (Lipinski definition) is 2. The molecule has 2 heterocycles. The Labute approximate surface area is 145 Å². The summed E-state index contributed by atoms with van der Waals surface area (Å²) < 4.78 is 25.4. The Kier molecular flexibility index (Phi) is 3.92. The van der Waals surface area contributed by atoms with E-state index < -0.39 is 10.0 Å². The third-order valence-corrected chi connectivity index (χ3v) is 7.64. The predicted octanol–water partition coefficient (Wildman–Crippen LogP) is 1.96. The van der Waals surface area contributed by atoms with Gasteiger partial charge in [0.25, 0.3) is 0 Å². The van der Waals surface area contributed by atoms with Crippen LogP contribution in [-0.4, -0.2) is 32.9 Å². The summed E-state index contributed by atoms with van der Waals surface area (Å²) in [5.41, 5.74) is 2.20. The van der Waals surface area contributed by atoms with E-state index in [0.717, 1.165) is 27.7 Å². The van der Waals surface area contributed by atoms with E-state index in [0.29, 0.717) is 14.5 Å².